The summed E-state index contributed by atoms with van der Waals surface area (Å²) in [6.45, 7) is 1.61. The van der Waals surface area contributed by atoms with Crippen LogP contribution in [0.4, 0.5) is 0 Å². The average Bonchev–Trinajstić information content (AvgIpc) is 3.33. The fourth-order valence-electron chi connectivity index (χ4n) is 3.67. The van der Waals surface area contributed by atoms with Gasteiger partial charge in [-0.05, 0) is 44.7 Å². The number of carbonyl (C=O) groups excluding carboxylic acids is 1. The molecule has 3 heterocycles. The summed E-state index contributed by atoms with van der Waals surface area (Å²) in [7, 11) is 0. The summed E-state index contributed by atoms with van der Waals surface area (Å²) in [5.74, 6) is -0.595. The van der Waals surface area contributed by atoms with E-state index >= 15 is 0 Å². The Hall–Kier alpha value is -3.33. The monoisotopic (exact) mass is 421 g/mol. The van der Waals surface area contributed by atoms with Gasteiger partial charge in [-0.3, -0.25) is 9.20 Å². The van der Waals surface area contributed by atoms with Gasteiger partial charge in [0.1, 0.15) is 6.61 Å². The Balaban J connectivity index is 1.36. The number of esters is 1. The first kappa shape index (κ1) is 18.7. The van der Waals surface area contributed by atoms with Crippen molar-refractivity contribution < 1.29 is 9.53 Å². The molecule has 0 saturated carbocycles. The minimum Gasteiger partial charge on any atom is -0.454 e. The van der Waals surface area contributed by atoms with Crippen molar-refractivity contribution in [3.63, 3.8) is 0 Å². The maximum Gasteiger partial charge on any atom is 0.361 e. The number of para-hydroxylation sites is 1. The molecule has 5 rings (SSSR count). The molecule has 0 atom stereocenters. The fraction of sp³-hybridized carbons (Fsp3) is 0.286. The van der Waals surface area contributed by atoms with Crippen LogP contribution in [0, 0.1) is 6.92 Å². The second-order valence-corrected chi connectivity index (χ2v) is 8.28. The number of rotatable bonds is 4. The van der Waals surface area contributed by atoms with Crippen LogP contribution in [0.25, 0.3) is 10.6 Å². The third-order valence-corrected chi connectivity index (χ3v) is 6.27. The summed E-state index contributed by atoms with van der Waals surface area (Å²) >= 11 is 1.55. The molecule has 1 aliphatic carbocycles. The van der Waals surface area contributed by atoms with Crippen LogP contribution in [-0.4, -0.2) is 30.3 Å². The van der Waals surface area contributed by atoms with Crippen molar-refractivity contribution in [2.45, 2.75) is 39.2 Å². The van der Waals surface area contributed by atoms with Gasteiger partial charge in [0.25, 0.3) is 5.56 Å². The fourth-order valence-corrected chi connectivity index (χ4v) is 4.90. The number of hydrogen-bond donors (Lipinski definition) is 0. The van der Waals surface area contributed by atoms with E-state index in [1.165, 1.54) is 15.7 Å². The molecule has 0 amide bonds. The molecule has 3 aromatic heterocycles. The molecule has 0 radical (unpaired) electrons. The molecule has 0 unspecified atom stereocenters. The number of nitrogens with zero attached hydrogens (tertiary/aromatic N) is 5. The molecule has 0 N–H and O–H groups in total. The Morgan fingerprint density at radius 3 is 2.80 bits per heavy atom. The maximum atomic E-state index is 12.6. The van der Waals surface area contributed by atoms with E-state index in [0.29, 0.717) is 16.3 Å². The molecule has 4 aromatic rings. The lowest BCUT2D eigenvalue weighted by Gasteiger charge is -2.10. The molecular weight excluding hydrogens is 402 g/mol. The topological polar surface area (TPSA) is 91.4 Å². The van der Waals surface area contributed by atoms with Gasteiger partial charge in [-0.2, -0.15) is 9.90 Å². The number of ether oxygens (including phenoxy) is 1. The van der Waals surface area contributed by atoms with Crippen molar-refractivity contribution in [1.29, 1.82) is 0 Å². The van der Waals surface area contributed by atoms with Gasteiger partial charge in [0, 0.05) is 16.6 Å². The Morgan fingerprint density at radius 2 is 1.97 bits per heavy atom. The van der Waals surface area contributed by atoms with Gasteiger partial charge in [-0.15, -0.1) is 16.4 Å². The number of hydrogen-bond acceptors (Lipinski definition) is 7. The number of carbonyl (C=O) groups is 1. The summed E-state index contributed by atoms with van der Waals surface area (Å²) in [6, 6.07) is 10.8. The van der Waals surface area contributed by atoms with E-state index < -0.39 is 5.97 Å². The van der Waals surface area contributed by atoms with Gasteiger partial charge in [0.2, 0.25) is 0 Å². The molecule has 1 aromatic carbocycles. The van der Waals surface area contributed by atoms with Gasteiger partial charge in [-0.1, -0.05) is 18.2 Å². The SMILES string of the molecule is Cc1nn(-c2ccccc2)nc1C(=O)OCc1cc(=O)n2c3c(sc2n1)CCCC3. The Morgan fingerprint density at radius 1 is 1.17 bits per heavy atom. The first-order chi connectivity index (χ1) is 14.6. The largest absolute Gasteiger partial charge is 0.454 e. The number of fused-ring (bicyclic) bond motifs is 3. The van der Waals surface area contributed by atoms with E-state index in [2.05, 4.69) is 15.2 Å². The van der Waals surface area contributed by atoms with Crippen molar-refractivity contribution in [1.82, 2.24) is 24.4 Å². The summed E-state index contributed by atoms with van der Waals surface area (Å²) < 4.78 is 7.08. The molecule has 8 nitrogen and oxygen atoms in total. The Bertz CT molecular complexity index is 1310. The van der Waals surface area contributed by atoms with Crippen LogP contribution in [-0.2, 0) is 24.2 Å². The standard InChI is InChI=1S/C21H19N5O3S/c1-13-19(24-26(23-13)15-7-3-2-4-8-15)20(28)29-12-14-11-18(27)25-16-9-5-6-10-17(16)30-21(25)22-14/h2-4,7-8,11H,5-6,9-10,12H2,1H3. The lowest BCUT2D eigenvalue weighted by atomic mass is 10.0. The zero-order valence-corrected chi connectivity index (χ0v) is 17.2. The van der Waals surface area contributed by atoms with E-state index in [0.717, 1.165) is 37.1 Å². The van der Waals surface area contributed by atoms with E-state index in [9.17, 15) is 9.59 Å². The molecule has 9 heteroatoms. The van der Waals surface area contributed by atoms with Crippen LogP contribution in [0.2, 0.25) is 0 Å². The number of aromatic nitrogens is 5. The maximum absolute atomic E-state index is 12.6. The quantitative estimate of drug-likeness (QED) is 0.471. The van der Waals surface area contributed by atoms with Crippen molar-refractivity contribution in [2.24, 2.45) is 0 Å². The second-order valence-electron chi connectivity index (χ2n) is 7.22. The molecule has 152 valence electrons. The minimum atomic E-state index is -0.595. The van der Waals surface area contributed by atoms with Crippen molar-refractivity contribution in [2.75, 3.05) is 0 Å². The van der Waals surface area contributed by atoms with Crippen molar-refractivity contribution >= 4 is 22.3 Å². The Kier molecular flexibility index (Phi) is 4.66. The lowest BCUT2D eigenvalue weighted by Crippen LogP contribution is -2.18. The highest BCUT2D eigenvalue weighted by Crippen LogP contribution is 2.28. The summed E-state index contributed by atoms with van der Waals surface area (Å²) in [6.07, 6.45) is 4.13. The van der Waals surface area contributed by atoms with Gasteiger partial charge in [-0.25, -0.2) is 9.78 Å². The lowest BCUT2D eigenvalue weighted by molar-refractivity contribution is 0.0459. The number of benzene rings is 1. The predicted octanol–water partition coefficient (Wildman–Crippen LogP) is 2.88. The highest BCUT2D eigenvalue weighted by Gasteiger charge is 2.20. The van der Waals surface area contributed by atoms with Crippen LogP contribution >= 0.6 is 11.3 Å². The first-order valence-electron chi connectivity index (χ1n) is 9.80. The highest BCUT2D eigenvalue weighted by molar-refractivity contribution is 7.17. The van der Waals surface area contributed by atoms with E-state index in [1.807, 2.05) is 30.3 Å². The third-order valence-electron chi connectivity index (χ3n) is 5.13. The summed E-state index contributed by atoms with van der Waals surface area (Å²) in [4.78, 5) is 33.0. The van der Waals surface area contributed by atoms with Gasteiger partial charge >= 0.3 is 5.97 Å². The second kappa shape index (κ2) is 7.49. The highest BCUT2D eigenvalue weighted by atomic mass is 32.1. The van der Waals surface area contributed by atoms with Gasteiger partial charge < -0.3 is 4.74 Å². The molecule has 0 spiro atoms. The zero-order chi connectivity index (χ0) is 20.7. The Labute approximate surface area is 175 Å². The van der Waals surface area contributed by atoms with Crippen molar-refractivity contribution in [3.05, 3.63) is 74.4 Å². The average molecular weight is 421 g/mol. The third kappa shape index (κ3) is 3.30. The van der Waals surface area contributed by atoms with E-state index in [1.54, 1.807) is 22.7 Å². The normalized spacial score (nSPS) is 13.4. The van der Waals surface area contributed by atoms with E-state index in [4.69, 9.17) is 4.74 Å². The minimum absolute atomic E-state index is 0.0925. The summed E-state index contributed by atoms with van der Waals surface area (Å²) in [5, 5.41) is 8.54. The molecule has 30 heavy (non-hydrogen) atoms. The molecule has 0 fully saturated rings. The summed E-state index contributed by atoms with van der Waals surface area (Å²) in [5.41, 5.74) is 2.75. The molecule has 1 aliphatic rings. The smallest absolute Gasteiger partial charge is 0.361 e. The van der Waals surface area contributed by atoms with Crippen LogP contribution in [0.5, 0.6) is 0 Å². The molecule has 0 bridgehead atoms. The first-order valence-corrected chi connectivity index (χ1v) is 10.6. The van der Waals surface area contributed by atoms with Crippen LogP contribution < -0.4 is 5.56 Å². The molecule has 0 aliphatic heterocycles. The molecular formula is C21H19N5O3S. The number of aryl methyl sites for hydroxylation is 3. The number of thiazole rings is 1. The zero-order valence-electron chi connectivity index (χ0n) is 16.4. The van der Waals surface area contributed by atoms with Gasteiger partial charge in [0.05, 0.1) is 17.1 Å². The van der Waals surface area contributed by atoms with Crippen LogP contribution in [0.1, 0.15) is 45.3 Å². The van der Waals surface area contributed by atoms with Crippen molar-refractivity contribution in [3.8, 4) is 5.69 Å². The van der Waals surface area contributed by atoms with E-state index in [-0.39, 0.29) is 17.9 Å². The predicted molar refractivity (Wildman–Crippen MR) is 111 cm³/mol. The molecule has 0 saturated heterocycles. The van der Waals surface area contributed by atoms with Crippen LogP contribution in [0.15, 0.2) is 41.2 Å². The van der Waals surface area contributed by atoms with Crippen LogP contribution in [0.3, 0.4) is 0 Å². The van der Waals surface area contributed by atoms with Gasteiger partial charge in [0.15, 0.2) is 10.7 Å².